The molecular formula is C21H17F4N3O3S. The molecule has 168 valence electrons. The van der Waals surface area contributed by atoms with E-state index in [1.54, 1.807) is 6.07 Å². The molecule has 3 aromatic rings. The first-order chi connectivity index (χ1) is 15.1. The zero-order valence-corrected chi connectivity index (χ0v) is 17.3. The minimum atomic E-state index is -4.76. The fraction of sp³-hybridized carbons (Fsp3) is 0.286. The molecule has 0 bridgehead atoms. The predicted octanol–water partition coefficient (Wildman–Crippen LogP) is 5.11. The number of carbonyl (C=O) groups excluding carboxylic acids is 1. The highest BCUT2D eigenvalue weighted by Gasteiger charge is 2.38. The van der Waals surface area contributed by atoms with Crippen LogP contribution in [0.25, 0.3) is 11.4 Å². The average molecular weight is 467 g/mol. The fourth-order valence-corrected chi connectivity index (χ4v) is 5.52. The molecule has 2 aromatic carbocycles. The quantitative estimate of drug-likeness (QED) is 0.470. The van der Waals surface area contributed by atoms with Gasteiger partial charge in [0.15, 0.2) is 0 Å². The standard InChI is InChI=1S/C21H17F4N3O3S/c22-17-4-2-1-3-16(17)12-32(30,11-13-5-6-13)28-19(29)15-9-7-14(8-10-15)18-26-20(31-27-18)21(23,24)25/h1-4,7-10,13H,5-6,11-12H2. The molecule has 32 heavy (non-hydrogen) atoms. The molecule has 1 aliphatic carbocycles. The number of aromatic nitrogens is 2. The van der Waals surface area contributed by atoms with Crippen LogP contribution in [0.4, 0.5) is 17.6 Å². The van der Waals surface area contributed by atoms with Gasteiger partial charge in [-0.15, -0.1) is 0 Å². The molecule has 4 rings (SSSR count). The van der Waals surface area contributed by atoms with E-state index in [9.17, 15) is 26.6 Å². The SMILES string of the molecule is O=C(N=S(=O)(Cc1ccccc1F)CC1CC1)c1ccc(-c2noc(C(F)(F)F)n2)cc1. The second kappa shape index (κ2) is 8.45. The molecule has 6 nitrogen and oxygen atoms in total. The topological polar surface area (TPSA) is 85.4 Å². The maximum atomic E-state index is 14.1. The lowest BCUT2D eigenvalue weighted by Crippen LogP contribution is -2.14. The van der Waals surface area contributed by atoms with Crippen molar-refractivity contribution < 1.29 is 31.1 Å². The van der Waals surface area contributed by atoms with Crippen LogP contribution < -0.4 is 0 Å². The average Bonchev–Trinajstić information content (AvgIpc) is 3.38. The molecular weight excluding hydrogens is 450 g/mol. The Balaban J connectivity index is 1.58. The van der Waals surface area contributed by atoms with Gasteiger partial charge in [0.05, 0.1) is 15.5 Å². The molecule has 0 saturated heterocycles. The Morgan fingerprint density at radius 1 is 1.12 bits per heavy atom. The second-order valence-electron chi connectivity index (χ2n) is 7.51. The number of rotatable bonds is 6. The van der Waals surface area contributed by atoms with Crippen molar-refractivity contribution >= 4 is 15.6 Å². The van der Waals surface area contributed by atoms with Crippen molar-refractivity contribution in [1.82, 2.24) is 10.1 Å². The van der Waals surface area contributed by atoms with Gasteiger partial charge in [-0.2, -0.15) is 22.5 Å². The van der Waals surface area contributed by atoms with Crippen molar-refractivity contribution in [1.29, 1.82) is 0 Å². The van der Waals surface area contributed by atoms with Crippen molar-refractivity contribution in [2.45, 2.75) is 24.8 Å². The van der Waals surface area contributed by atoms with E-state index < -0.39 is 33.5 Å². The Morgan fingerprint density at radius 3 is 2.41 bits per heavy atom. The van der Waals surface area contributed by atoms with E-state index in [2.05, 4.69) is 19.0 Å². The Morgan fingerprint density at radius 2 is 1.81 bits per heavy atom. The summed E-state index contributed by atoms with van der Waals surface area (Å²) in [5, 5.41) is 3.29. The molecule has 1 fully saturated rings. The summed E-state index contributed by atoms with van der Waals surface area (Å²) in [5.41, 5.74) is 0.513. The summed E-state index contributed by atoms with van der Waals surface area (Å²) in [6.45, 7) is 0. The lowest BCUT2D eigenvalue weighted by atomic mass is 10.1. The van der Waals surface area contributed by atoms with E-state index in [0.29, 0.717) is 0 Å². The van der Waals surface area contributed by atoms with Crippen LogP contribution in [0.15, 0.2) is 57.4 Å². The Labute approximate surface area is 180 Å². The first kappa shape index (κ1) is 22.1. The highest BCUT2D eigenvalue weighted by atomic mass is 32.2. The van der Waals surface area contributed by atoms with Crippen LogP contribution in [-0.2, 0) is 21.7 Å². The van der Waals surface area contributed by atoms with E-state index in [4.69, 9.17) is 0 Å². The van der Waals surface area contributed by atoms with Gasteiger partial charge in [0.1, 0.15) is 5.82 Å². The molecule has 1 aliphatic rings. The highest BCUT2D eigenvalue weighted by Crippen LogP contribution is 2.33. The van der Waals surface area contributed by atoms with E-state index in [1.807, 2.05) is 0 Å². The van der Waals surface area contributed by atoms with Crippen molar-refractivity contribution in [2.75, 3.05) is 5.75 Å². The second-order valence-corrected chi connectivity index (χ2v) is 9.86. The molecule has 1 heterocycles. The molecule has 0 spiro atoms. The summed E-state index contributed by atoms with van der Waals surface area (Å²) in [5.74, 6) is -2.81. The molecule has 1 aromatic heterocycles. The van der Waals surface area contributed by atoms with Crippen LogP contribution >= 0.6 is 0 Å². The largest absolute Gasteiger partial charge is 0.471 e. The molecule has 11 heteroatoms. The third-order valence-corrected chi connectivity index (χ3v) is 7.09. The molecule has 0 radical (unpaired) electrons. The Hall–Kier alpha value is -3.08. The summed E-state index contributed by atoms with van der Waals surface area (Å²) < 4.78 is 73.5. The maximum absolute atomic E-state index is 14.1. The van der Waals surface area contributed by atoms with E-state index in [0.717, 1.165) is 12.8 Å². The minimum Gasteiger partial charge on any atom is -0.329 e. The Kier molecular flexibility index (Phi) is 5.85. The summed E-state index contributed by atoms with van der Waals surface area (Å²) in [6.07, 6.45) is -2.99. The van der Waals surface area contributed by atoms with Gasteiger partial charge in [-0.1, -0.05) is 35.5 Å². The molecule has 0 N–H and O–H groups in total. The summed E-state index contributed by atoms with van der Waals surface area (Å²) in [7, 11) is -3.05. The number of hydrogen-bond acceptors (Lipinski definition) is 5. The number of amides is 1. The van der Waals surface area contributed by atoms with Gasteiger partial charge < -0.3 is 4.52 Å². The van der Waals surface area contributed by atoms with Crippen LogP contribution in [-0.4, -0.2) is 26.0 Å². The normalized spacial score (nSPS) is 15.9. The number of hydrogen-bond donors (Lipinski definition) is 0. The summed E-state index contributed by atoms with van der Waals surface area (Å²) >= 11 is 0. The number of alkyl halides is 3. The van der Waals surface area contributed by atoms with E-state index in [-0.39, 0.29) is 39.9 Å². The van der Waals surface area contributed by atoms with Gasteiger partial charge in [-0.05, 0) is 37.0 Å². The lowest BCUT2D eigenvalue weighted by Gasteiger charge is -2.10. The zero-order valence-electron chi connectivity index (χ0n) is 16.5. The van der Waals surface area contributed by atoms with Crippen LogP contribution in [0.5, 0.6) is 0 Å². The Bertz CT molecular complexity index is 1260. The van der Waals surface area contributed by atoms with E-state index >= 15 is 0 Å². The third-order valence-electron chi connectivity index (χ3n) is 4.84. The van der Waals surface area contributed by atoms with Crippen LogP contribution in [0.3, 0.4) is 0 Å². The third kappa shape index (κ3) is 5.21. The molecule has 1 atom stereocenters. The van der Waals surface area contributed by atoms with Gasteiger partial charge in [0, 0.05) is 22.4 Å². The van der Waals surface area contributed by atoms with Gasteiger partial charge in [-0.25, -0.2) is 8.60 Å². The fourth-order valence-electron chi connectivity index (χ4n) is 3.06. The van der Waals surface area contributed by atoms with Crippen LogP contribution in [0.1, 0.15) is 34.7 Å². The van der Waals surface area contributed by atoms with Gasteiger partial charge in [0.2, 0.25) is 5.82 Å². The smallest absolute Gasteiger partial charge is 0.329 e. The zero-order chi connectivity index (χ0) is 22.9. The van der Waals surface area contributed by atoms with Crippen molar-refractivity contribution in [3.8, 4) is 11.4 Å². The van der Waals surface area contributed by atoms with Gasteiger partial charge in [-0.3, -0.25) is 4.79 Å². The van der Waals surface area contributed by atoms with Gasteiger partial charge >= 0.3 is 12.1 Å². The van der Waals surface area contributed by atoms with E-state index in [1.165, 1.54) is 42.5 Å². The number of halogens is 4. The summed E-state index contributed by atoms with van der Waals surface area (Å²) in [6, 6.07) is 11.2. The first-order valence-electron chi connectivity index (χ1n) is 9.64. The molecule has 1 saturated carbocycles. The van der Waals surface area contributed by atoms with Crippen LogP contribution in [0.2, 0.25) is 0 Å². The molecule has 0 aliphatic heterocycles. The monoisotopic (exact) mass is 467 g/mol. The minimum absolute atomic E-state index is 0.0883. The first-order valence-corrected chi connectivity index (χ1v) is 11.5. The number of benzene rings is 2. The highest BCUT2D eigenvalue weighted by molar-refractivity contribution is 7.93. The van der Waals surface area contributed by atoms with Crippen LogP contribution in [0, 0.1) is 11.7 Å². The van der Waals surface area contributed by atoms with Crippen molar-refractivity contribution in [3.63, 3.8) is 0 Å². The lowest BCUT2D eigenvalue weighted by molar-refractivity contribution is -0.159. The number of nitrogens with zero attached hydrogens (tertiary/aromatic N) is 3. The molecule has 1 unspecified atom stereocenters. The maximum Gasteiger partial charge on any atom is 0.471 e. The van der Waals surface area contributed by atoms with Crippen molar-refractivity contribution in [2.24, 2.45) is 10.3 Å². The number of carbonyl (C=O) groups is 1. The predicted molar refractivity (Wildman–Crippen MR) is 107 cm³/mol. The molecule has 1 amide bonds. The summed E-state index contributed by atoms with van der Waals surface area (Å²) in [4.78, 5) is 16.0. The van der Waals surface area contributed by atoms with Crippen molar-refractivity contribution in [3.05, 3.63) is 71.4 Å². The van der Waals surface area contributed by atoms with Gasteiger partial charge in [0.25, 0.3) is 5.91 Å².